The number of hydrogen-bond donors (Lipinski definition) is 0. The largest absolute Gasteiger partial charge is 0.451 e. The van der Waals surface area contributed by atoms with E-state index in [0.29, 0.717) is 22.3 Å². The minimum Gasteiger partial charge on any atom is -0.443 e. The number of ether oxygens (including phenoxy) is 1. The fraction of sp³-hybridized carbons (Fsp3) is 0.400. The molecular formula is C20H22F3N3O3. The molecule has 0 aliphatic carbocycles. The van der Waals surface area contributed by atoms with Crippen molar-refractivity contribution >= 4 is 12.0 Å². The first-order valence-corrected chi connectivity index (χ1v) is 9.03. The SMILES string of the molecule is CC.CC(C)(C)OC(=O)N1Cc2cc(-c3cnc(C(F)(F)F)nc3)ccc2C1=O. The van der Waals surface area contributed by atoms with Crippen molar-refractivity contribution in [3.05, 3.63) is 47.5 Å². The third-order valence-corrected chi connectivity index (χ3v) is 3.76. The minimum atomic E-state index is -4.61. The third-order valence-electron chi connectivity index (χ3n) is 3.76. The van der Waals surface area contributed by atoms with Gasteiger partial charge < -0.3 is 4.74 Å². The zero-order chi connectivity index (χ0) is 22.0. The molecule has 0 spiro atoms. The molecule has 1 aliphatic rings. The number of rotatable bonds is 1. The number of fused-ring (bicyclic) bond motifs is 1. The fourth-order valence-electron chi connectivity index (χ4n) is 2.59. The second-order valence-corrected chi connectivity index (χ2v) is 7.04. The first kappa shape index (κ1) is 22.3. The molecule has 29 heavy (non-hydrogen) atoms. The molecule has 0 unspecified atom stereocenters. The Morgan fingerprint density at radius 2 is 1.66 bits per heavy atom. The van der Waals surface area contributed by atoms with Gasteiger partial charge in [0, 0.05) is 23.5 Å². The van der Waals surface area contributed by atoms with Crippen LogP contribution in [0.4, 0.5) is 18.0 Å². The predicted octanol–water partition coefficient (Wildman–Crippen LogP) is 5.08. The fourth-order valence-corrected chi connectivity index (χ4v) is 2.59. The van der Waals surface area contributed by atoms with Crippen molar-refractivity contribution in [2.75, 3.05) is 0 Å². The highest BCUT2D eigenvalue weighted by molar-refractivity contribution is 6.06. The van der Waals surface area contributed by atoms with Crippen LogP contribution in [0.15, 0.2) is 30.6 Å². The molecule has 0 radical (unpaired) electrons. The molecule has 0 fully saturated rings. The van der Waals surface area contributed by atoms with E-state index in [1.165, 1.54) is 6.07 Å². The smallest absolute Gasteiger partial charge is 0.443 e. The molecule has 1 aliphatic heterocycles. The van der Waals surface area contributed by atoms with Gasteiger partial charge in [-0.2, -0.15) is 13.2 Å². The van der Waals surface area contributed by atoms with Gasteiger partial charge in [0.05, 0.1) is 6.54 Å². The first-order chi connectivity index (χ1) is 13.5. The van der Waals surface area contributed by atoms with E-state index in [2.05, 4.69) is 9.97 Å². The molecule has 0 bridgehead atoms. The lowest BCUT2D eigenvalue weighted by molar-refractivity contribution is -0.145. The van der Waals surface area contributed by atoms with Gasteiger partial charge in [0.15, 0.2) is 0 Å². The van der Waals surface area contributed by atoms with Gasteiger partial charge in [-0.25, -0.2) is 19.7 Å². The van der Waals surface area contributed by atoms with E-state index in [0.717, 1.165) is 17.3 Å². The van der Waals surface area contributed by atoms with Crippen molar-refractivity contribution in [2.45, 2.75) is 52.9 Å². The summed E-state index contributed by atoms with van der Waals surface area (Å²) in [5.41, 5.74) is 1.09. The van der Waals surface area contributed by atoms with Crippen molar-refractivity contribution in [3.63, 3.8) is 0 Å². The Bertz CT molecular complexity index is 904. The van der Waals surface area contributed by atoms with Crippen molar-refractivity contribution in [2.24, 2.45) is 0 Å². The zero-order valence-corrected chi connectivity index (χ0v) is 16.8. The summed E-state index contributed by atoms with van der Waals surface area (Å²) in [6.07, 6.45) is -3.22. The number of aromatic nitrogens is 2. The van der Waals surface area contributed by atoms with E-state index < -0.39 is 29.6 Å². The number of carbonyl (C=O) groups excluding carboxylic acids is 2. The first-order valence-electron chi connectivity index (χ1n) is 9.03. The summed E-state index contributed by atoms with van der Waals surface area (Å²) in [4.78, 5) is 32.2. The second-order valence-electron chi connectivity index (χ2n) is 7.04. The van der Waals surface area contributed by atoms with E-state index in [4.69, 9.17) is 4.74 Å². The van der Waals surface area contributed by atoms with Crippen LogP contribution >= 0.6 is 0 Å². The molecular weight excluding hydrogens is 387 g/mol. The highest BCUT2D eigenvalue weighted by Crippen LogP contribution is 2.30. The van der Waals surface area contributed by atoms with Gasteiger partial charge in [-0.05, 0) is 44.0 Å². The number of imide groups is 1. The quantitative estimate of drug-likeness (QED) is 0.657. The molecule has 0 saturated carbocycles. The summed E-state index contributed by atoms with van der Waals surface area (Å²) >= 11 is 0. The maximum Gasteiger partial charge on any atom is 0.451 e. The highest BCUT2D eigenvalue weighted by Gasteiger charge is 2.36. The maximum absolute atomic E-state index is 12.6. The van der Waals surface area contributed by atoms with Gasteiger partial charge >= 0.3 is 12.3 Å². The number of carbonyl (C=O) groups is 2. The summed E-state index contributed by atoms with van der Waals surface area (Å²) in [5, 5.41) is 0. The van der Waals surface area contributed by atoms with E-state index >= 15 is 0 Å². The summed E-state index contributed by atoms with van der Waals surface area (Å²) in [7, 11) is 0. The lowest BCUT2D eigenvalue weighted by Crippen LogP contribution is -2.36. The van der Waals surface area contributed by atoms with Gasteiger partial charge in [0.1, 0.15) is 5.60 Å². The Kier molecular flexibility index (Phi) is 6.30. The molecule has 0 atom stereocenters. The monoisotopic (exact) mass is 409 g/mol. The van der Waals surface area contributed by atoms with Crippen LogP contribution in [0.25, 0.3) is 11.1 Å². The van der Waals surface area contributed by atoms with E-state index in [9.17, 15) is 22.8 Å². The van der Waals surface area contributed by atoms with Crippen LogP contribution in [0.5, 0.6) is 0 Å². The number of benzene rings is 1. The highest BCUT2D eigenvalue weighted by atomic mass is 19.4. The van der Waals surface area contributed by atoms with Gasteiger partial charge in [0.25, 0.3) is 5.91 Å². The van der Waals surface area contributed by atoms with E-state index in [-0.39, 0.29) is 6.54 Å². The Morgan fingerprint density at radius 1 is 1.07 bits per heavy atom. The molecule has 0 saturated heterocycles. The van der Waals surface area contributed by atoms with Crippen molar-refractivity contribution < 1.29 is 27.5 Å². The molecule has 2 heterocycles. The van der Waals surface area contributed by atoms with Gasteiger partial charge in [-0.15, -0.1) is 0 Å². The zero-order valence-electron chi connectivity index (χ0n) is 16.8. The van der Waals surface area contributed by atoms with Crippen LogP contribution in [-0.4, -0.2) is 32.5 Å². The second kappa shape index (κ2) is 8.18. The Balaban J connectivity index is 0.00000145. The van der Waals surface area contributed by atoms with Crippen LogP contribution < -0.4 is 0 Å². The maximum atomic E-state index is 12.6. The number of halogens is 3. The van der Waals surface area contributed by atoms with E-state index in [1.54, 1.807) is 32.9 Å². The van der Waals surface area contributed by atoms with Crippen LogP contribution in [0, 0.1) is 0 Å². The van der Waals surface area contributed by atoms with Gasteiger partial charge in [0.2, 0.25) is 5.82 Å². The van der Waals surface area contributed by atoms with Gasteiger partial charge in [-0.1, -0.05) is 19.9 Å². The standard InChI is InChI=1S/C18H16F3N3O3.C2H6/c1-17(2,3)27-16(26)24-9-11-6-10(4-5-13(11)14(24)25)12-7-22-15(23-8-12)18(19,20)21;1-2/h4-8H,9H2,1-3H3;1-2H3. The molecule has 0 N–H and O–H groups in total. The molecule has 2 aromatic rings. The Hall–Kier alpha value is -2.97. The average molecular weight is 409 g/mol. The van der Waals surface area contributed by atoms with Crippen molar-refractivity contribution in [1.29, 1.82) is 0 Å². The Morgan fingerprint density at radius 3 is 2.17 bits per heavy atom. The Labute approximate surface area is 166 Å². The predicted molar refractivity (Wildman–Crippen MR) is 99.9 cm³/mol. The normalized spacial score (nSPS) is 13.5. The lowest BCUT2D eigenvalue weighted by Gasteiger charge is -2.23. The molecule has 156 valence electrons. The van der Waals surface area contributed by atoms with Crippen molar-refractivity contribution in [3.8, 4) is 11.1 Å². The topological polar surface area (TPSA) is 72.4 Å². The van der Waals surface area contributed by atoms with Crippen molar-refractivity contribution in [1.82, 2.24) is 14.9 Å². The summed E-state index contributed by atoms with van der Waals surface area (Å²) < 4.78 is 42.9. The number of nitrogens with zero attached hydrogens (tertiary/aromatic N) is 3. The molecule has 1 aromatic carbocycles. The number of hydrogen-bond acceptors (Lipinski definition) is 5. The van der Waals surface area contributed by atoms with E-state index in [1.807, 2.05) is 13.8 Å². The molecule has 3 rings (SSSR count). The molecule has 2 amide bonds. The lowest BCUT2D eigenvalue weighted by atomic mass is 10.0. The average Bonchev–Trinajstić information content (AvgIpc) is 2.98. The molecule has 1 aromatic heterocycles. The minimum absolute atomic E-state index is 0.0262. The van der Waals surface area contributed by atoms with Crippen LogP contribution in [0.2, 0.25) is 0 Å². The van der Waals surface area contributed by atoms with Crippen LogP contribution in [-0.2, 0) is 17.5 Å². The number of amides is 2. The molecule has 9 heteroatoms. The summed E-state index contributed by atoms with van der Waals surface area (Å²) in [5.74, 6) is -1.70. The summed E-state index contributed by atoms with van der Waals surface area (Å²) in [6, 6.07) is 4.72. The van der Waals surface area contributed by atoms with Gasteiger partial charge in [-0.3, -0.25) is 4.79 Å². The summed E-state index contributed by atoms with van der Waals surface area (Å²) in [6.45, 7) is 9.11. The number of alkyl halides is 3. The third kappa shape index (κ3) is 5.10. The molecule has 6 nitrogen and oxygen atoms in total. The van der Waals surface area contributed by atoms with Crippen LogP contribution in [0.1, 0.15) is 56.4 Å². The van der Waals surface area contributed by atoms with Crippen LogP contribution in [0.3, 0.4) is 0 Å².